The van der Waals surface area contributed by atoms with Crippen LogP contribution < -0.4 is 0 Å². The Hall–Kier alpha value is -5.84. The van der Waals surface area contributed by atoms with Crippen LogP contribution in [0.1, 0.15) is 297 Å². The number of esters is 4. The van der Waals surface area contributed by atoms with Crippen molar-refractivity contribution in [2.45, 2.75) is 316 Å². The number of ether oxygens (including phenoxy) is 4. The van der Waals surface area contributed by atoms with Crippen LogP contribution in [0, 0.1) is 0 Å². The van der Waals surface area contributed by atoms with Crippen molar-refractivity contribution in [2.75, 3.05) is 39.6 Å². The van der Waals surface area contributed by atoms with Crippen molar-refractivity contribution >= 4 is 39.5 Å². The lowest BCUT2D eigenvalue weighted by molar-refractivity contribution is -0.161. The monoisotopic (exact) mass is 1550 g/mol. The fourth-order valence-corrected chi connectivity index (χ4v) is 11.9. The molecule has 0 aromatic heterocycles. The Morgan fingerprint density at radius 1 is 0.269 bits per heavy atom. The number of unbranched alkanes of at least 4 members (excludes halogenated alkanes) is 19. The standard InChI is InChI=1S/C89H144O17P2/c1-5-9-13-17-21-25-29-33-37-40-41-44-47-50-54-58-62-66-70-74-87(92)100-80-85(106-89(94)76-72-68-64-60-56-52-48-43-39-35-31-27-23-19-15-11-7-3)82-104-108(97,98)102-78-83(90)77-101-107(95,96)103-81-84(105-88(93)75-71-67-63-59-55-51-45-36-32-28-24-20-16-12-8-4)79-99-86(91)73-69-65-61-57-53-49-46-42-38-34-30-26-22-18-14-10-6-2/h9-11,13-15,21-23,25-27,33-35,37-39,41,44,46,48-50,52,54,57,61-62,66,83-85,90H,5-8,12,16-20,24,28-32,36,40,42-43,45,47,51,53,55-56,58-60,63-65,67-82H2,1-4H3,(H,95,96)(H,97,98)/b13-9-,14-10-,15-11-,25-21-,26-22-,27-23-,37-33-,38-34-,39-35-,44-41-,49-46-,52-48-,54-50-,61-57-,66-62-. The van der Waals surface area contributed by atoms with Crippen molar-refractivity contribution in [3.63, 3.8) is 0 Å². The molecule has 108 heavy (non-hydrogen) atoms. The maximum Gasteiger partial charge on any atom is 0.472 e. The maximum absolute atomic E-state index is 13.1. The molecule has 0 rings (SSSR count). The topological polar surface area (TPSA) is 237 Å². The summed E-state index contributed by atoms with van der Waals surface area (Å²) in [4.78, 5) is 73.1. The van der Waals surface area contributed by atoms with Gasteiger partial charge in [-0.2, -0.15) is 0 Å². The van der Waals surface area contributed by atoms with Gasteiger partial charge in [0.1, 0.15) is 19.3 Å². The van der Waals surface area contributed by atoms with E-state index in [-0.39, 0.29) is 25.7 Å². The molecule has 0 radical (unpaired) electrons. The molecule has 5 unspecified atom stereocenters. The summed E-state index contributed by atoms with van der Waals surface area (Å²) >= 11 is 0. The predicted molar refractivity (Wildman–Crippen MR) is 445 cm³/mol. The summed E-state index contributed by atoms with van der Waals surface area (Å²) in [6, 6.07) is 0. The van der Waals surface area contributed by atoms with Crippen LogP contribution in [0.5, 0.6) is 0 Å². The van der Waals surface area contributed by atoms with Gasteiger partial charge in [0.2, 0.25) is 0 Å². The van der Waals surface area contributed by atoms with Crippen LogP contribution in [0.4, 0.5) is 0 Å². The lowest BCUT2D eigenvalue weighted by Crippen LogP contribution is -2.30. The lowest BCUT2D eigenvalue weighted by atomic mass is 10.0. The number of aliphatic hydroxyl groups excluding tert-OH is 1. The highest BCUT2D eigenvalue weighted by molar-refractivity contribution is 7.47. The molecular weight excluding hydrogens is 1400 g/mol. The minimum absolute atomic E-state index is 0.0228. The maximum atomic E-state index is 13.1. The first kappa shape index (κ1) is 102. The Morgan fingerprint density at radius 2 is 0.509 bits per heavy atom. The highest BCUT2D eigenvalue weighted by atomic mass is 31.2. The first-order chi connectivity index (χ1) is 52.7. The number of hydrogen-bond donors (Lipinski definition) is 3. The van der Waals surface area contributed by atoms with Gasteiger partial charge in [0.05, 0.1) is 26.4 Å². The molecule has 0 bridgehead atoms. The van der Waals surface area contributed by atoms with Crippen LogP contribution in [-0.4, -0.2) is 96.7 Å². The number of rotatable bonds is 75. The zero-order chi connectivity index (χ0) is 78.9. The SMILES string of the molecule is CC/C=C\C/C=C\C/C=C\C/C=C\C/C=C\C/C=C\CCC(=O)OCC(COP(=O)(O)OCC(O)COP(=O)(O)OCC(COC(=O)CCC/C=C\C/C=C\C/C=C\C/C=C\C/C=C\CC)OC(=O)CCCCCCCCCCCCCCCCC)OC(=O)CCCCCC/C=C\C/C=C\C/C=C\C/C=C\CC. The summed E-state index contributed by atoms with van der Waals surface area (Å²) in [5, 5.41) is 10.7. The number of carbonyl (C=O) groups excluding carboxylic acids is 4. The molecule has 0 aliphatic rings. The summed E-state index contributed by atoms with van der Waals surface area (Å²) in [6.45, 7) is 4.36. The van der Waals surface area contributed by atoms with E-state index in [4.69, 9.17) is 37.0 Å². The summed E-state index contributed by atoms with van der Waals surface area (Å²) < 4.78 is 68.6. The third-order valence-corrected chi connectivity index (χ3v) is 18.3. The predicted octanol–water partition coefficient (Wildman–Crippen LogP) is 24.3. The molecule has 0 aliphatic heterocycles. The second-order valence-corrected chi connectivity index (χ2v) is 29.5. The zero-order valence-electron chi connectivity index (χ0n) is 66.9. The Balaban J connectivity index is 5.52. The van der Waals surface area contributed by atoms with Crippen molar-refractivity contribution < 1.29 is 80.2 Å². The first-order valence-corrected chi connectivity index (χ1v) is 44.0. The molecule has 0 saturated heterocycles. The van der Waals surface area contributed by atoms with Crippen molar-refractivity contribution in [1.29, 1.82) is 0 Å². The smallest absolute Gasteiger partial charge is 0.462 e. The van der Waals surface area contributed by atoms with E-state index >= 15 is 0 Å². The normalized spacial score (nSPS) is 14.8. The molecule has 0 heterocycles. The van der Waals surface area contributed by atoms with Crippen LogP contribution in [0.3, 0.4) is 0 Å². The molecule has 0 spiro atoms. The van der Waals surface area contributed by atoms with Crippen molar-refractivity contribution in [3.05, 3.63) is 182 Å². The van der Waals surface area contributed by atoms with Crippen LogP contribution in [0.25, 0.3) is 0 Å². The molecule has 17 nitrogen and oxygen atoms in total. The number of phosphoric ester groups is 2. The fourth-order valence-electron chi connectivity index (χ4n) is 10.3. The van der Waals surface area contributed by atoms with Crippen LogP contribution in [0.15, 0.2) is 182 Å². The van der Waals surface area contributed by atoms with E-state index in [0.29, 0.717) is 38.5 Å². The second-order valence-electron chi connectivity index (χ2n) is 26.6. The molecule has 0 amide bonds. The van der Waals surface area contributed by atoms with Crippen LogP contribution in [0.2, 0.25) is 0 Å². The number of aliphatic hydroxyl groups is 1. The van der Waals surface area contributed by atoms with Gasteiger partial charge >= 0.3 is 39.5 Å². The Kier molecular flexibility index (Phi) is 75.0. The van der Waals surface area contributed by atoms with Crippen molar-refractivity contribution in [1.82, 2.24) is 0 Å². The highest BCUT2D eigenvalue weighted by Crippen LogP contribution is 2.45. The molecule has 0 aliphatic carbocycles. The summed E-state index contributed by atoms with van der Waals surface area (Å²) in [5.74, 6) is -2.38. The van der Waals surface area contributed by atoms with Gasteiger partial charge in [-0.3, -0.25) is 37.3 Å². The first-order valence-electron chi connectivity index (χ1n) is 41.0. The minimum Gasteiger partial charge on any atom is -0.462 e. The molecule has 612 valence electrons. The fraction of sp³-hybridized carbons (Fsp3) is 0.618. The molecule has 0 aromatic carbocycles. The van der Waals surface area contributed by atoms with E-state index in [1.807, 2.05) is 30.4 Å². The van der Waals surface area contributed by atoms with E-state index in [2.05, 4.69) is 180 Å². The summed E-state index contributed by atoms with van der Waals surface area (Å²) in [5.41, 5.74) is 0. The quantitative estimate of drug-likeness (QED) is 0.0169. The third-order valence-electron chi connectivity index (χ3n) is 16.4. The van der Waals surface area contributed by atoms with Gasteiger partial charge in [-0.25, -0.2) is 9.13 Å². The van der Waals surface area contributed by atoms with E-state index in [1.165, 1.54) is 64.2 Å². The second kappa shape index (κ2) is 79.3. The van der Waals surface area contributed by atoms with E-state index in [9.17, 15) is 43.2 Å². The van der Waals surface area contributed by atoms with Crippen LogP contribution in [-0.2, 0) is 65.4 Å². The molecule has 19 heteroatoms. The summed E-state index contributed by atoms with van der Waals surface area (Å²) in [7, 11) is -10.0. The summed E-state index contributed by atoms with van der Waals surface area (Å²) in [6.07, 6.45) is 96.0. The average Bonchev–Trinajstić information content (AvgIpc) is 0.906. The van der Waals surface area contributed by atoms with E-state index < -0.39 is 97.5 Å². The van der Waals surface area contributed by atoms with Crippen LogP contribution >= 0.6 is 15.6 Å². The van der Waals surface area contributed by atoms with Gasteiger partial charge in [-0.1, -0.05) is 313 Å². The molecule has 0 fully saturated rings. The van der Waals surface area contributed by atoms with Gasteiger partial charge in [-0.15, -0.1) is 0 Å². The van der Waals surface area contributed by atoms with Gasteiger partial charge in [0.15, 0.2) is 12.2 Å². The molecule has 5 atom stereocenters. The number of carbonyl (C=O) groups is 4. The Labute approximate surface area is 654 Å². The number of hydrogen-bond acceptors (Lipinski definition) is 15. The van der Waals surface area contributed by atoms with Crippen molar-refractivity contribution in [2.24, 2.45) is 0 Å². The Bertz CT molecular complexity index is 2760. The minimum atomic E-state index is -5.02. The van der Waals surface area contributed by atoms with Gasteiger partial charge < -0.3 is 33.8 Å². The highest BCUT2D eigenvalue weighted by Gasteiger charge is 2.30. The number of allylic oxidation sites excluding steroid dienone is 30. The van der Waals surface area contributed by atoms with Gasteiger partial charge in [-0.05, 0) is 141 Å². The zero-order valence-corrected chi connectivity index (χ0v) is 68.7. The van der Waals surface area contributed by atoms with Gasteiger partial charge in [0, 0.05) is 25.7 Å². The van der Waals surface area contributed by atoms with Gasteiger partial charge in [0.25, 0.3) is 0 Å². The van der Waals surface area contributed by atoms with E-state index in [0.717, 1.165) is 141 Å². The Morgan fingerprint density at radius 3 is 0.824 bits per heavy atom. The lowest BCUT2D eigenvalue weighted by Gasteiger charge is -2.21. The third kappa shape index (κ3) is 78.3. The largest absolute Gasteiger partial charge is 0.472 e. The van der Waals surface area contributed by atoms with Crippen molar-refractivity contribution in [3.8, 4) is 0 Å². The molecule has 3 N–H and O–H groups in total. The molecule has 0 saturated carbocycles. The van der Waals surface area contributed by atoms with E-state index in [1.54, 1.807) is 0 Å². The molecule has 0 aromatic rings. The molecular formula is C89H144O17P2. The average molecular weight is 1550 g/mol. The number of phosphoric acid groups is 2.